The van der Waals surface area contributed by atoms with Crippen molar-refractivity contribution in [3.05, 3.63) is 88.2 Å². The van der Waals surface area contributed by atoms with Crippen LogP contribution in [0.15, 0.2) is 60.7 Å². The molecule has 0 aliphatic carbocycles. The third-order valence-electron chi connectivity index (χ3n) is 4.48. The molecule has 0 fully saturated rings. The lowest BCUT2D eigenvalue weighted by atomic mass is 10.1. The fourth-order valence-corrected chi connectivity index (χ4v) is 3.06. The Morgan fingerprint density at radius 2 is 1.62 bits per heavy atom. The van der Waals surface area contributed by atoms with Crippen LogP contribution in [0, 0.1) is 5.82 Å². The van der Waals surface area contributed by atoms with Gasteiger partial charge in [-0.1, -0.05) is 41.9 Å². The molecule has 6 heteroatoms. The second-order valence-corrected chi connectivity index (χ2v) is 6.83. The molecule has 3 aromatic rings. The number of ether oxygens (including phenoxy) is 3. The van der Waals surface area contributed by atoms with Crippen LogP contribution in [0.4, 0.5) is 4.39 Å². The molecule has 0 aromatic heterocycles. The van der Waals surface area contributed by atoms with Gasteiger partial charge in [-0.05, 0) is 35.4 Å². The predicted octanol–water partition coefficient (Wildman–Crippen LogP) is 5.37. The molecule has 29 heavy (non-hydrogen) atoms. The summed E-state index contributed by atoms with van der Waals surface area (Å²) in [5, 5.41) is 3.91. The highest BCUT2D eigenvalue weighted by Crippen LogP contribution is 2.34. The van der Waals surface area contributed by atoms with Crippen LogP contribution in [0.5, 0.6) is 17.2 Å². The Morgan fingerprint density at radius 1 is 0.862 bits per heavy atom. The summed E-state index contributed by atoms with van der Waals surface area (Å²) in [5.74, 6) is 1.54. The summed E-state index contributed by atoms with van der Waals surface area (Å²) in [4.78, 5) is 0. The van der Waals surface area contributed by atoms with Crippen molar-refractivity contribution >= 4 is 11.6 Å². The van der Waals surface area contributed by atoms with Crippen molar-refractivity contribution in [3.8, 4) is 17.2 Å². The number of methoxy groups -OCH3 is 2. The zero-order valence-electron chi connectivity index (χ0n) is 16.4. The quantitative estimate of drug-likeness (QED) is 0.510. The molecule has 3 rings (SSSR count). The van der Waals surface area contributed by atoms with Crippen LogP contribution in [0.3, 0.4) is 0 Å². The van der Waals surface area contributed by atoms with Crippen molar-refractivity contribution in [2.75, 3.05) is 14.2 Å². The maximum absolute atomic E-state index is 13.8. The molecule has 0 unspecified atom stereocenters. The topological polar surface area (TPSA) is 39.7 Å². The fraction of sp³-hybridized carbons (Fsp3) is 0.217. The highest BCUT2D eigenvalue weighted by Gasteiger charge is 2.12. The zero-order chi connectivity index (χ0) is 20.6. The van der Waals surface area contributed by atoms with Crippen LogP contribution in [0.2, 0.25) is 5.02 Å². The summed E-state index contributed by atoms with van der Waals surface area (Å²) in [6.07, 6.45) is 0. The van der Waals surface area contributed by atoms with Crippen LogP contribution in [-0.4, -0.2) is 14.2 Å². The standard InChI is InChI=1S/C23H23ClFNO3/c1-27-19-9-7-16(8-10-19)13-26-14-18-11-22(28-2)23(12-20(18)24)29-15-17-5-3-4-6-21(17)25/h3-12,26H,13-15H2,1-2H3. The van der Waals surface area contributed by atoms with Crippen molar-refractivity contribution in [3.63, 3.8) is 0 Å². The highest BCUT2D eigenvalue weighted by molar-refractivity contribution is 6.31. The molecule has 0 radical (unpaired) electrons. The molecular formula is C23H23ClFNO3. The molecule has 3 aromatic carbocycles. The Hall–Kier alpha value is -2.76. The zero-order valence-corrected chi connectivity index (χ0v) is 17.1. The van der Waals surface area contributed by atoms with Crippen molar-refractivity contribution in [1.82, 2.24) is 5.32 Å². The van der Waals surface area contributed by atoms with Crippen LogP contribution < -0.4 is 19.5 Å². The maximum atomic E-state index is 13.8. The van der Waals surface area contributed by atoms with Gasteiger partial charge in [-0.25, -0.2) is 4.39 Å². The molecule has 0 amide bonds. The molecule has 0 saturated carbocycles. The van der Waals surface area contributed by atoms with E-state index in [0.717, 1.165) is 16.9 Å². The summed E-state index contributed by atoms with van der Waals surface area (Å²) in [5.41, 5.74) is 2.49. The lowest BCUT2D eigenvalue weighted by Crippen LogP contribution is -2.13. The number of halogens is 2. The van der Waals surface area contributed by atoms with Gasteiger partial charge < -0.3 is 19.5 Å². The molecule has 0 atom stereocenters. The summed E-state index contributed by atoms with van der Waals surface area (Å²) in [6, 6.07) is 17.9. The monoisotopic (exact) mass is 415 g/mol. The second kappa shape index (κ2) is 10.1. The average Bonchev–Trinajstić information content (AvgIpc) is 2.75. The molecule has 0 spiro atoms. The molecule has 4 nitrogen and oxygen atoms in total. The van der Waals surface area contributed by atoms with Crippen molar-refractivity contribution in [1.29, 1.82) is 0 Å². The smallest absolute Gasteiger partial charge is 0.163 e. The van der Waals surface area contributed by atoms with E-state index in [1.165, 1.54) is 6.07 Å². The minimum absolute atomic E-state index is 0.0917. The molecule has 0 aliphatic rings. The largest absolute Gasteiger partial charge is 0.497 e. The van der Waals surface area contributed by atoms with E-state index < -0.39 is 0 Å². The van der Waals surface area contributed by atoms with Gasteiger partial charge in [0.15, 0.2) is 11.5 Å². The minimum Gasteiger partial charge on any atom is -0.497 e. The first-order chi connectivity index (χ1) is 14.1. The van der Waals surface area contributed by atoms with Crippen LogP contribution >= 0.6 is 11.6 Å². The van der Waals surface area contributed by atoms with Crippen LogP contribution in [0.25, 0.3) is 0 Å². The van der Waals surface area contributed by atoms with E-state index in [1.54, 1.807) is 38.5 Å². The van der Waals surface area contributed by atoms with E-state index in [-0.39, 0.29) is 12.4 Å². The summed E-state index contributed by atoms with van der Waals surface area (Å²) >= 11 is 6.43. The number of nitrogens with one attached hydrogen (secondary N) is 1. The number of hydrogen-bond acceptors (Lipinski definition) is 4. The van der Waals surface area contributed by atoms with Gasteiger partial charge in [-0.15, -0.1) is 0 Å². The lowest BCUT2D eigenvalue weighted by molar-refractivity contribution is 0.279. The van der Waals surface area contributed by atoms with Crippen LogP contribution in [0.1, 0.15) is 16.7 Å². The van der Waals surface area contributed by atoms with E-state index in [4.69, 9.17) is 25.8 Å². The molecule has 152 valence electrons. The van der Waals surface area contributed by atoms with Gasteiger partial charge in [0.2, 0.25) is 0 Å². The van der Waals surface area contributed by atoms with Gasteiger partial charge in [0, 0.05) is 29.7 Å². The van der Waals surface area contributed by atoms with Gasteiger partial charge in [0.05, 0.1) is 14.2 Å². The molecule has 0 aliphatic heterocycles. The predicted molar refractivity (Wildman–Crippen MR) is 112 cm³/mol. The van der Waals surface area contributed by atoms with E-state index in [0.29, 0.717) is 35.2 Å². The van der Waals surface area contributed by atoms with Gasteiger partial charge in [0.1, 0.15) is 18.2 Å². The van der Waals surface area contributed by atoms with Crippen molar-refractivity contribution in [2.45, 2.75) is 19.7 Å². The third kappa shape index (κ3) is 5.62. The first-order valence-electron chi connectivity index (χ1n) is 9.17. The Morgan fingerprint density at radius 3 is 2.31 bits per heavy atom. The van der Waals surface area contributed by atoms with Crippen molar-refractivity contribution in [2.24, 2.45) is 0 Å². The summed E-state index contributed by atoms with van der Waals surface area (Å²) in [7, 11) is 3.21. The van der Waals surface area contributed by atoms with Crippen molar-refractivity contribution < 1.29 is 18.6 Å². The Balaban J connectivity index is 1.63. The number of hydrogen-bond donors (Lipinski definition) is 1. The number of rotatable bonds is 9. The highest BCUT2D eigenvalue weighted by atomic mass is 35.5. The molecule has 0 saturated heterocycles. The first kappa shape index (κ1) is 21.0. The van der Waals surface area contributed by atoms with E-state index >= 15 is 0 Å². The van der Waals surface area contributed by atoms with E-state index in [9.17, 15) is 4.39 Å². The summed E-state index contributed by atoms with van der Waals surface area (Å²) < 4.78 is 30.1. The molecular weight excluding hydrogens is 393 g/mol. The SMILES string of the molecule is COc1ccc(CNCc2cc(OC)c(OCc3ccccc3F)cc2Cl)cc1. The first-order valence-corrected chi connectivity index (χ1v) is 9.54. The van der Waals surface area contributed by atoms with Gasteiger partial charge >= 0.3 is 0 Å². The Labute approximate surface area is 175 Å². The van der Waals surface area contributed by atoms with Gasteiger partial charge in [0.25, 0.3) is 0 Å². The molecule has 0 bridgehead atoms. The molecule has 1 N–H and O–H groups in total. The second-order valence-electron chi connectivity index (χ2n) is 6.43. The third-order valence-corrected chi connectivity index (χ3v) is 4.83. The van der Waals surface area contributed by atoms with E-state index in [1.807, 2.05) is 30.3 Å². The van der Waals surface area contributed by atoms with E-state index in [2.05, 4.69) is 5.32 Å². The fourth-order valence-electron chi connectivity index (χ4n) is 2.84. The Kier molecular flexibility index (Phi) is 7.33. The van der Waals surface area contributed by atoms with Gasteiger partial charge in [-0.3, -0.25) is 0 Å². The van der Waals surface area contributed by atoms with Crippen LogP contribution in [-0.2, 0) is 19.7 Å². The van der Waals surface area contributed by atoms with Gasteiger partial charge in [-0.2, -0.15) is 0 Å². The lowest BCUT2D eigenvalue weighted by Gasteiger charge is -2.15. The molecule has 0 heterocycles. The Bertz CT molecular complexity index is 947. The normalized spacial score (nSPS) is 10.6. The minimum atomic E-state index is -0.308. The maximum Gasteiger partial charge on any atom is 0.163 e. The average molecular weight is 416 g/mol. The number of benzene rings is 3. The summed E-state index contributed by atoms with van der Waals surface area (Å²) in [6.45, 7) is 1.34.